The molecule has 1 atom stereocenters. The molecular formula is C21H23NO3. The Labute approximate surface area is 148 Å². The van der Waals surface area contributed by atoms with Crippen LogP contribution in [0.3, 0.4) is 0 Å². The molecule has 0 amide bonds. The van der Waals surface area contributed by atoms with E-state index in [2.05, 4.69) is 24.1 Å². The minimum atomic E-state index is 0.166. The fourth-order valence-electron chi connectivity index (χ4n) is 3.34. The van der Waals surface area contributed by atoms with Gasteiger partial charge in [0.1, 0.15) is 22.8 Å². The van der Waals surface area contributed by atoms with E-state index in [0.717, 1.165) is 46.8 Å². The molecule has 1 unspecified atom stereocenters. The number of furan rings is 1. The van der Waals surface area contributed by atoms with Crippen LogP contribution in [0.4, 0.5) is 0 Å². The largest absolute Gasteiger partial charge is 0.497 e. The maximum Gasteiger partial charge on any atom is 0.152 e. The molecular weight excluding hydrogens is 314 g/mol. The van der Waals surface area contributed by atoms with Gasteiger partial charge in [0.15, 0.2) is 6.23 Å². The third kappa shape index (κ3) is 3.35. The van der Waals surface area contributed by atoms with Crippen molar-refractivity contribution < 1.29 is 13.9 Å². The summed E-state index contributed by atoms with van der Waals surface area (Å²) in [6.07, 6.45) is 3.73. The third-order valence-electron chi connectivity index (χ3n) is 4.84. The number of hydrogen-bond acceptors (Lipinski definition) is 4. The number of nitrogens with zero attached hydrogens (tertiary/aromatic N) is 1. The van der Waals surface area contributed by atoms with Crippen molar-refractivity contribution in [2.75, 3.05) is 20.7 Å². The van der Waals surface area contributed by atoms with Crippen LogP contribution >= 0.6 is 0 Å². The molecule has 1 aliphatic heterocycles. The van der Waals surface area contributed by atoms with Crippen molar-refractivity contribution in [3.05, 3.63) is 48.5 Å². The quantitative estimate of drug-likeness (QED) is 0.676. The zero-order valence-electron chi connectivity index (χ0n) is 14.7. The first-order valence-electron chi connectivity index (χ1n) is 8.78. The minimum absolute atomic E-state index is 0.166. The highest BCUT2D eigenvalue weighted by Gasteiger charge is 2.20. The summed E-state index contributed by atoms with van der Waals surface area (Å²) >= 11 is 0. The molecule has 0 spiro atoms. The van der Waals surface area contributed by atoms with E-state index in [4.69, 9.17) is 13.9 Å². The molecule has 0 radical (unpaired) electrons. The minimum Gasteiger partial charge on any atom is -0.497 e. The Morgan fingerprint density at radius 1 is 1.00 bits per heavy atom. The Morgan fingerprint density at radius 3 is 2.56 bits per heavy atom. The topological polar surface area (TPSA) is 34.8 Å². The van der Waals surface area contributed by atoms with Gasteiger partial charge < -0.3 is 13.9 Å². The monoisotopic (exact) mass is 337 g/mol. The van der Waals surface area contributed by atoms with Gasteiger partial charge in [0, 0.05) is 17.5 Å². The fourth-order valence-corrected chi connectivity index (χ4v) is 3.34. The first kappa shape index (κ1) is 16.0. The van der Waals surface area contributed by atoms with E-state index in [1.54, 1.807) is 7.11 Å². The van der Waals surface area contributed by atoms with Crippen LogP contribution in [0.5, 0.6) is 11.5 Å². The summed E-state index contributed by atoms with van der Waals surface area (Å²) in [4.78, 5) is 2.28. The first-order valence-corrected chi connectivity index (χ1v) is 8.78. The summed E-state index contributed by atoms with van der Waals surface area (Å²) in [7, 11) is 3.80. The van der Waals surface area contributed by atoms with Crippen molar-refractivity contribution in [3.63, 3.8) is 0 Å². The number of rotatable bonds is 4. The van der Waals surface area contributed by atoms with Crippen LogP contribution in [0.2, 0.25) is 0 Å². The zero-order valence-corrected chi connectivity index (χ0v) is 14.7. The smallest absolute Gasteiger partial charge is 0.152 e. The van der Waals surface area contributed by atoms with E-state index in [0.29, 0.717) is 0 Å². The second-order valence-electron chi connectivity index (χ2n) is 6.59. The molecule has 0 N–H and O–H groups in total. The van der Waals surface area contributed by atoms with E-state index < -0.39 is 0 Å². The van der Waals surface area contributed by atoms with Gasteiger partial charge in [0.2, 0.25) is 0 Å². The van der Waals surface area contributed by atoms with Gasteiger partial charge in [-0.2, -0.15) is 0 Å². The molecule has 4 rings (SSSR count). The molecule has 130 valence electrons. The highest BCUT2D eigenvalue weighted by molar-refractivity contribution is 5.84. The molecule has 0 bridgehead atoms. The number of ether oxygens (including phenoxy) is 2. The molecule has 25 heavy (non-hydrogen) atoms. The van der Waals surface area contributed by atoms with Crippen molar-refractivity contribution in [2.45, 2.75) is 25.5 Å². The van der Waals surface area contributed by atoms with Gasteiger partial charge in [-0.25, -0.2) is 0 Å². The Bertz CT molecular complexity index is 853. The molecule has 4 nitrogen and oxygen atoms in total. The number of fused-ring (bicyclic) bond motifs is 1. The lowest BCUT2D eigenvalue weighted by atomic mass is 10.1. The van der Waals surface area contributed by atoms with Gasteiger partial charge in [-0.15, -0.1) is 0 Å². The molecule has 1 fully saturated rings. The van der Waals surface area contributed by atoms with Crippen molar-refractivity contribution in [1.29, 1.82) is 0 Å². The van der Waals surface area contributed by atoms with E-state index in [-0.39, 0.29) is 6.23 Å². The first-order chi connectivity index (χ1) is 12.2. The predicted molar refractivity (Wildman–Crippen MR) is 99.1 cm³/mol. The maximum atomic E-state index is 6.19. The normalized spacial score (nSPS) is 18.4. The second-order valence-corrected chi connectivity index (χ2v) is 6.59. The number of piperidine rings is 1. The SMILES string of the molecule is COc1ccc(-c2cc3cc(OC4CCCCN4C)ccc3o2)cc1. The Balaban J connectivity index is 1.58. The summed E-state index contributed by atoms with van der Waals surface area (Å²) in [6.45, 7) is 1.10. The van der Waals surface area contributed by atoms with Gasteiger partial charge in [0.25, 0.3) is 0 Å². The summed E-state index contributed by atoms with van der Waals surface area (Å²) in [5.41, 5.74) is 1.90. The number of hydrogen-bond donors (Lipinski definition) is 0. The molecule has 1 saturated heterocycles. The van der Waals surface area contributed by atoms with Crippen LogP contribution in [0, 0.1) is 0 Å². The lowest BCUT2D eigenvalue weighted by Crippen LogP contribution is -2.40. The van der Waals surface area contributed by atoms with Gasteiger partial charge >= 0.3 is 0 Å². The molecule has 3 aromatic rings. The van der Waals surface area contributed by atoms with E-state index in [1.807, 2.05) is 36.4 Å². The van der Waals surface area contributed by atoms with Gasteiger partial charge in [-0.3, -0.25) is 4.90 Å². The van der Waals surface area contributed by atoms with Crippen molar-refractivity contribution in [1.82, 2.24) is 4.90 Å². The summed E-state index contributed by atoms with van der Waals surface area (Å²) < 4.78 is 17.4. The molecule has 1 aliphatic rings. The Kier molecular flexibility index (Phi) is 4.36. The lowest BCUT2D eigenvalue weighted by molar-refractivity contribution is 0.0152. The van der Waals surface area contributed by atoms with E-state index >= 15 is 0 Å². The third-order valence-corrected chi connectivity index (χ3v) is 4.84. The zero-order chi connectivity index (χ0) is 17.2. The van der Waals surface area contributed by atoms with Crippen LogP contribution in [-0.4, -0.2) is 31.8 Å². The Morgan fingerprint density at radius 2 is 1.80 bits per heavy atom. The van der Waals surface area contributed by atoms with Crippen molar-refractivity contribution in [2.24, 2.45) is 0 Å². The molecule has 2 heterocycles. The molecule has 2 aromatic carbocycles. The molecule has 0 saturated carbocycles. The van der Waals surface area contributed by atoms with Gasteiger partial charge in [0.05, 0.1) is 7.11 Å². The summed E-state index contributed by atoms with van der Waals surface area (Å²) in [5, 5.41) is 1.06. The van der Waals surface area contributed by atoms with Crippen LogP contribution in [0.1, 0.15) is 19.3 Å². The molecule has 0 aliphatic carbocycles. The van der Waals surface area contributed by atoms with Crippen LogP contribution in [-0.2, 0) is 0 Å². The standard InChI is InChI=1S/C21H23NO3/c1-22-12-4-3-5-21(22)24-18-10-11-19-16(13-18)14-20(25-19)15-6-8-17(23-2)9-7-15/h6-11,13-14,21H,3-5,12H2,1-2H3. The average molecular weight is 337 g/mol. The second kappa shape index (κ2) is 6.81. The maximum absolute atomic E-state index is 6.19. The predicted octanol–water partition coefficient (Wildman–Crippen LogP) is 4.93. The number of likely N-dealkylation sites (tertiary alicyclic amines) is 1. The van der Waals surface area contributed by atoms with Crippen LogP contribution in [0.25, 0.3) is 22.3 Å². The van der Waals surface area contributed by atoms with Crippen molar-refractivity contribution >= 4 is 11.0 Å². The number of methoxy groups -OCH3 is 1. The fraction of sp³-hybridized carbons (Fsp3) is 0.333. The summed E-state index contributed by atoms with van der Waals surface area (Å²) in [5.74, 6) is 2.59. The number of benzene rings is 2. The van der Waals surface area contributed by atoms with Crippen LogP contribution < -0.4 is 9.47 Å². The molecule has 4 heteroatoms. The molecule has 1 aromatic heterocycles. The van der Waals surface area contributed by atoms with Gasteiger partial charge in [-0.05, 0) is 74.8 Å². The lowest BCUT2D eigenvalue weighted by Gasteiger charge is -2.32. The van der Waals surface area contributed by atoms with Crippen LogP contribution in [0.15, 0.2) is 52.9 Å². The highest BCUT2D eigenvalue weighted by Crippen LogP contribution is 2.32. The highest BCUT2D eigenvalue weighted by atomic mass is 16.5. The van der Waals surface area contributed by atoms with Gasteiger partial charge in [-0.1, -0.05) is 0 Å². The Hall–Kier alpha value is -2.46. The average Bonchev–Trinajstić information content (AvgIpc) is 3.07. The van der Waals surface area contributed by atoms with E-state index in [1.165, 1.54) is 12.8 Å². The summed E-state index contributed by atoms with van der Waals surface area (Å²) in [6, 6.07) is 16.0. The van der Waals surface area contributed by atoms with Crippen molar-refractivity contribution in [3.8, 4) is 22.8 Å². The van der Waals surface area contributed by atoms with E-state index in [9.17, 15) is 0 Å².